The standard InChI is InChI=1S/C12H9F2NS/c13-8-2-1-3-11(5-8)16-12-6-9(14)4-10(15)7-12/h1-7H,15H2. The molecule has 0 fully saturated rings. The van der Waals surface area contributed by atoms with Gasteiger partial charge in [0.1, 0.15) is 11.6 Å². The molecule has 0 bridgehead atoms. The van der Waals surface area contributed by atoms with Crippen molar-refractivity contribution in [3.8, 4) is 0 Å². The maximum absolute atomic E-state index is 13.0. The number of benzene rings is 2. The molecule has 2 aromatic carbocycles. The summed E-state index contributed by atoms with van der Waals surface area (Å²) in [6.45, 7) is 0. The van der Waals surface area contributed by atoms with Crippen LogP contribution in [0.4, 0.5) is 14.5 Å². The van der Waals surface area contributed by atoms with Gasteiger partial charge in [-0.3, -0.25) is 0 Å². The first-order valence-corrected chi connectivity index (χ1v) is 5.44. The fourth-order valence-corrected chi connectivity index (χ4v) is 2.27. The van der Waals surface area contributed by atoms with Crippen molar-refractivity contribution < 1.29 is 8.78 Å². The highest BCUT2D eigenvalue weighted by molar-refractivity contribution is 7.99. The fraction of sp³-hybridized carbons (Fsp3) is 0. The van der Waals surface area contributed by atoms with Gasteiger partial charge in [-0.05, 0) is 36.4 Å². The number of hydrogen-bond donors (Lipinski definition) is 1. The van der Waals surface area contributed by atoms with Gasteiger partial charge in [0, 0.05) is 15.5 Å². The number of halogens is 2. The first-order valence-electron chi connectivity index (χ1n) is 4.63. The van der Waals surface area contributed by atoms with Crippen LogP contribution in [0.3, 0.4) is 0 Å². The summed E-state index contributed by atoms with van der Waals surface area (Å²) in [7, 11) is 0. The summed E-state index contributed by atoms with van der Waals surface area (Å²) < 4.78 is 26.0. The van der Waals surface area contributed by atoms with E-state index in [1.165, 1.54) is 36.0 Å². The van der Waals surface area contributed by atoms with Crippen molar-refractivity contribution >= 4 is 17.4 Å². The first kappa shape index (κ1) is 11.0. The lowest BCUT2D eigenvalue weighted by Gasteiger charge is -2.03. The van der Waals surface area contributed by atoms with E-state index in [1.54, 1.807) is 18.2 Å². The number of nitrogens with two attached hydrogens (primary N) is 1. The Morgan fingerprint density at radius 2 is 1.62 bits per heavy atom. The quantitative estimate of drug-likeness (QED) is 0.806. The highest BCUT2D eigenvalue weighted by atomic mass is 32.2. The molecule has 0 radical (unpaired) electrons. The van der Waals surface area contributed by atoms with Crippen LogP contribution in [0, 0.1) is 11.6 Å². The van der Waals surface area contributed by atoms with Crippen LogP contribution in [0.25, 0.3) is 0 Å². The van der Waals surface area contributed by atoms with Crippen molar-refractivity contribution in [3.05, 3.63) is 54.1 Å². The molecule has 0 saturated heterocycles. The molecule has 4 heteroatoms. The summed E-state index contributed by atoms with van der Waals surface area (Å²) in [5.74, 6) is -0.701. The van der Waals surface area contributed by atoms with Gasteiger partial charge >= 0.3 is 0 Å². The Bertz CT molecular complexity index is 494. The minimum atomic E-state index is -0.390. The lowest BCUT2D eigenvalue weighted by atomic mass is 10.3. The molecule has 1 nitrogen and oxygen atoms in total. The second-order valence-corrected chi connectivity index (χ2v) is 4.43. The van der Waals surface area contributed by atoms with Crippen LogP contribution in [0.5, 0.6) is 0 Å². The van der Waals surface area contributed by atoms with Crippen molar-refractivity contribution in [1.29, 1.82) is 0 Å². The van der Waals surface area contributed by atoms with Gasteiger partial charge in [-0.1, -0.05) is 17.8 Å². The molecule has 0 aliphatic heterocycles. The molecule has 16 heavy (non-hydrogen) atoms. The van der Waals surface area contributed by atoms with Crippen LogP contribution in [0.15, 0.2) is 52.3 Å². The van der Waals surface area contributed by atoms with Crippen LogP contribution in [-0.4, -0.2) is 0 Å². The topological polar surface area (TPSA) is 26.0 Å². The van der Waals surface area contributed by atoms with E-state index in [-0.39, 0.29) is 11.6 Å². The van der Waals surface area contributed by atoms with Crippen LogP contribution < -0.4 is 5.73 Å². The molecule has 0 unspecified atom stereocenters. The summed E-state index contributed by atoms with van der Waals surface area (Å²) in [6.07, 6.45) is 0. The summed E-state index contributed by atoms with van der Waals surface area (Å²) in [6, 6.07) is 10.4. The Balaban J connectivity index is 2.27. The van der Waals surface area contributed by atoms with Crippen molar-refractivity contribution in [2.45, 2.75) is 9.79 Å². The fourth-order valence-electron chi connectivity index (χ4n) is 1.31. The smallest absolute Gasteiger partial charge is 0.126 e. The Morgan fingerprint density at radius 3 is 2.31 bits per heavy atom. The zero-order valence-corrected chi connectivity index (χ0v) is 9.10. The zero-order chi connectivity index (χ0) is 11.5. The van der Waals surface area contributed by atoms with Gasteiger partial charge in [-0.2, -0.15) is 0 Å². The summed E-state index contributed by atoms with van der Waals surface area (Å²) >= 11 is 1.27. The molecule has 2 rings (SSSR count). The van der Waals surface area contributed by atoms with Gasteiger partial charge < -0.3 is 5.73 Å². The van der Waals surface area contributed by atoms with Crippen LogP contribution in [-0.2, 0) is 0 Å². The van der Waals surface area contributed by atoms with E-state index >= 15 is 0 Å². The minimum Gasteiger partial charge on any atom is -0.399 e. The maximum Gasteiger partial charge on any atom is 0.126 e. The molecule has 2 aromatic rings. The van der Waals surface area contributed by atoms with E-state index in [4.69, 9.17) is 5.73 Å². The monoisotopic (exact) mass is 237 g/mol. The van der Waals surface area contributed by atoms with E-state index in [1.807, 2.05) is 0 Å². The molecule has 2 N–H and O–H groups in total. The number of rotatable bonds is 2. The molecular weight excluding hydrogens is 228 g/mol. The third kappa shape index (κ3) is 2.73. The molecule has 0 saturated carbocycles. The van der Waals surface area contributed by atoms with E-state index < -0.39 is 0 Å². The van der Waals surface area contributed by atoms with E-state index in [0.717, 1.165) is 0 Å². The maximum atomic E-state index is 13.0. The van der Waals surface area contributed by atoms with E-state index in [9.17, 15) is 8.78 Å². The van der Waals surface area contributed by atoms with Crippen LogP contribution in [0.2, 0.25) is 0 Å². The molecule has 0 amide bonds. The highest BCUT2D eigenvalue weighted by Gasteiger charge is 2.02. The van der Waals surface area contributed by atoms with Crippen molar-refractivity contribution in [2.24, 2.45) is 0 Å². The van der Waals surface area contributed by atoms with Crippen molar-refractivity contribution in [1.82, 2.24) is 0 Å². The average molecular weight is 237 g/mol. The molecule has 0 heterocycles. The average Bonchev–Trinajstić information content (AvgIpc) is 2.15. The van der Waals surface area contributed by atoms with Gasteiger partial charge in [0.25, 0.3) is 0 Å². The SMILES string of the molecule is Nc1cc(F)cc(Sc2cccc(F)c2)c1. The van der Waals surface area contributed by atoms with Gasteiger partial charge in [0.15, 0.2) is 0 Å². The normalized spacial score (nSPS) is 10.4. The predicted molar refractivity (Wildman–Crippen MR) is 61.3 cm³/mol. The Hall–Kier alpha value is -1.55. The third-order valence-corrected chi connectivity index (χ3v) is 2.89. The lowest BCUT2D eigenvalue weighted by molar-refractivity contribution is 0.624. The summed E-state index contributed by atoms with van der Waals surface area (Å²) in [4.78, 5) is 1.37. The summed E-state index contributed by atoms with van der Waals surface area (Å²) in [5.41, 5.74) is 5.88. The molecule has 0 aliphatic carbocycles. The second kappa shape index (κ2) is 4.53. The zero-order valence-electron chi connectivity index (χ0n) is 8.28. The molecule has 0 aromatic heterocycles. The Labute approximate surface area is 96.3 Å². The van der Waals surface area contributed by atoms with Crippen molar-refractivity contribution in [2.75, 3.05) is 5.73 Å². The van der Waals surface area contributed by atoms with E-state index in [0.29, 0.717) is 15.5 Å². The predicted octanol–water partition coefficient (Wildman–Crippen LogP) is 3.70. The van der Waals surface area contributed by atoms with Crippen molar-refractivity contribution in [3.63, 3.8) is 0 Å². The number of nitrogen functional groups attached to an aromatic ring is 1. The molecule has 82 valence electrons. The molecular formula is C12H9F2NS. The van der Waals surface area contributed by atoms with E-state index in [2.05, 4.69) is 0 Å². The minimum absolute atomic E-state index is 0.311. The first-order chi connectivity index (χ1) is 7.63. The summed E-state index contributed by atoms with van der Waals surface area (Å²) in [5, 5.41) is 0. The Kier molecular flexibility index (Phi) is 3.10. The molecule has 0 atom stereocenters. The van der Waals surface area contributed by atoms with Crippen LogP contribution in [0.1, 0.15) is 0 Å². The van der Waals surface area contributed by atoms with Crippen LogP contribution >= 0.6 is 11.8 Å². The molecule has 0 spiro atoms. The van der Waals surface area contributed by atoms with Gasteiger partial charge in [-0.15, -0.1) is 0 Å². The highest BCUT2D eigenvalue weighted by Crippen LogP contribution is 2.29. The lowest BCUT2D eigenvalue weighted by Crippen LogP contribution is -1.87. The number of anilines is 1. The van der Waals surface area contributed by atoms with Gasteiger partial charge in [0.05, 0.1) is 0 Å². The largest absolute Gasteiger partial charge is 0.399 e. The number of hydrogen-bond acceptors (Lipinski definition) is 2. The third-order valence-electron chi connectivity index (χ3n) is 1.93. The Morgan fingerprint density at radius 1 is 0.875 bits per heavy atom. The second-order valence-electron chi connectivity index (χ2n) is 3.28. The molecule has 0 aliphatic rings. The van der Waals surface area contributed by atoms with Gasteiger partial charge in [-0.25, -0.2) is 8.78 Å². The van der Waals surface area contributed by atoms with Gasteiger partial charge in [0.2, 0.25) is 0 Å².